The van der Waals surface area contributed by atoms with Crippen LogP contribution in [0.4, 0.5) is 39.8 Å². The van der Waals surface area contributed by atoms with Crippen molar-refractivity contribution in [2.45, 2.75) is 11.8 Å². The summed E-state index contributed by atoms with van der Waals surface area (Å²) in [6.07, 6.45) is 0. The molecule has 18 aromatic rings. The van der Waals surface area contributed by atoms with Gasteiger partial charge in [-0.1, -0.05) is 376 Å². The number of nitrogens with zero attached hydrogens (tertiary/aromatic N) is 4. The lowest BCUT2D eigenvalue weighted by molar-refractivity contribution is 0.978. The average Bonchev–Trinajstić information content (AvgIpc) is 0.836. The van der Waals surface area contributed by atoms with Crippen molar-refractivity contribution in [1.82, 2.24) is 4.57 Å². The van der Waals surface area contributed by atoms with Crippen LogP contribution in [0.1, 0.15) is 50.7 Å². The molecule has 3 heterocycles. The monoisotopic (exact) mass is 1400 g/mol. The summed E-state index contributed by atoms with van der Waals surface area (Å²) in [5.41, 5.74) is 29.7. The number of benzene rings is 17. The molecule has 2 aliphatic rings. The highest BCUT2D eigenvalue weighted by Gasteiger charge is 2.47. The van der Waals surface area contributed by atoms with Gasteiger partial charge in [0.1, 0.15) is 0 Å². The molecule has 0 unspecified atom stereocenters. The van der Waals surface area contributed by atoms with Crippen molar-refractivity contribution < 1.29 is 5.48 Å². The summed E-state index contributed by atoms with van der Waals surface area (Å²) in [5, 5.41) is 0.867. The molecule has 0 amide bonds. The van der Waals surface area contributed by atoms with E-state index in [-0.39, 0.29) is 36.0 Å². The molecule has 514 valence electrons. The Labute approximate surface area is 648 Å². The fraction of sp³-hybridized carbons (Fsp3) is 0.0190. The molecule has 20 rings (SSSR count). The van der Waals surface area contributed by atoms with Gasteiger partial charge in [-0.2, -0.15) is 0 Å². The molecule has 0 bridgehead atoms. The van der Waals surface area contributed by atoms with Gasteiger partial charge in [0.05, 0.1) is 40.2 Å². The van der Waals surface area contributed by atoms with Gasteiger partial charge in [-0.3, -0.25) is 0 Å². The number of hydrogen-bond acceptors (Lipinski definition) is 2. The Kier molecular flexibility index (Phi) is 15.4. The van der Waals surface area contributed by atoms with Crippen LogP contribution in [0.2, 0.25) is 0 Å². The van der Waals surface area contributed by atoms with Gasteiger partial charge in [-0.25, -0.2) is 4.85 Å². The van der Waals surface area contributed by atoms with E-state index in [9.17, 15) is 5.48 Å². The molecule has 0 N–H and O–H groups in total. The lowest BCUT2D eigenvalue weighted by atomic mass is 9.33. The van der Waals surface area contributed by atoms with E-state index in [2.05, 4.69) is 395 Å². The summed E-state index contributed by atoms with van der Waals surface area (Å²) in [6, 6.07) is 141. The van der Waals surface area contributed by atoms with E-state index in [4.69, 9.17) is 6.57 Å². The number of rotatable bonds is 15. The van der Waals surface area contributed by atoms with E-state index in [1.165, 1.54) is 0 Å². The van der Waals surface area contributed by atoms with Gasteiger partial charge < -0.3 is 14.4 Å². The van der Waals surface area contributed by atoms with Crippen molar-refractivity contribution >= 4 is 84.7 Å². The summed E-state index contributed by atoms with van der Waals surface area (Å²) in [5.74, 6) is -0.575. The Hall–Kier alpha value is -14.3. The zero-order chi connectivity index (χ0) is 76.5. The second kappa shape index (κ2) is 27.9. The SMILES string of the molecule is [2H]c1c([2H])c([2H])c2c(c1[2H])c1cc([N+]#[C-])ccc1n2-c1cc2c3c(c1)N(c1c(-c4ccccc4)cccc1-c1ccccc1)c1cc(C(c4ccccc4)c4ccccc4)c(-c4ccccc4)cc1B3c1cc(-c3ccccc3)c(C(c3ccccc3)c3ccccc3)cc1N2c1c(-c2ccccc2)cccc1-c1ccccc1. The molecule has 4 nitrogen and oxygen atoms in total. The third kappa shape index (κ3) is 11.2. The smallest absolute Gasteiger partial charge is 0.252 e. The van der Waals surface area contributed by atoms with E-state index in [1.807, 2.05) is 6.07 Å². The van der Waals surface area contributed by atoms with E-state index in [0.717, 1.165) is 151 Å². The highest BCUT2D eigenvalue weighted by atomic mass is 15.2. The number of aromatic nitrogens is 1. The molecule has 0 spiro atoms. The van der Waals surface area contributed by atoms with Gasteiger partial charge in [-0.15, -0.1) is 0 Å². The highest BCUT2D eigenvalue weighted by Crippen LogP contribution is 2.56. The zero-order valence-corrected chi connectivity index (χ0v) is 60.0. The van der Waals surface area contributed by atoms with Crippen LogP contribution in [0.5, 0.6) is 0 Å². The Morgan fingerprint density at radius 1 is 0.291 bits per heavy atom. The Bertz CT molecular complexity index is 6250. The van der Waals surface area contributed by atoms with Crippen molar-refractivity contribution in [3.63, 3.8) is 0 Å². The molecule has 0 aliphatic carbocycles. The van der Waals surface area contributed by atoms with Gasteiger partial charge in [0.2, 0.25) is 0 Å². The van der Waals surface area contributed by atoms with Crippen molar-refractivity contribution in [1.29, 1.82) is 0 Å². The number of anilines is 6. The van der Waals surface area contributed by atoms with E-state index < -0.39 is 6.71 Å². The van der Waals surface area contributed by atoms with E-state index in [1.54, 1.807) is 12.1 Å². The van der Waals surface area contributed by atoms with E-state index >= 15 is 0 Å². The Balaban J connectivity index is 1.05. The molecule has 0 saturated carbocycles. The lowest BCUT2D eigenvalue weighted by Crippen LogP contribution is -2.61. The van der Waals surface area contributed by atoms with Crippen LogP contribution in [0.25, 0.3) is 99.1 Å². The van der Waals surface area contributed by atoms with Crippen LogP contribution in [0.3, 0.4) is 0 Å². The first-order chi connectivity index (χ1) is 56.3. The minimum Gasteiger partial charge on any atom is -0.310 e. The molecule has 110 heavy (non-hydrogen) atoms. The zero-order valence-electron chi connectivity index (χ0n) is 64.0. The normalized spacial score (nSPS) is 12.6. The molecule has 0 radical (unpaired) electrons. The second-order valence-electron chi connectivity index (χ2n) is 28.5. The molecular formula is C105H71BN4. The molecule has 1 aromatic heterocycles. The fourth-order valence-corrected chi connectivity index (χ4v) is 17.6. The maximum absolute atomic E-state index is 10.3. The van der Waals surface area contributed by atoms with Crippen LogP contribution in [0, 0.1) is 6.57 Å². The second-order valence-corrected chi connectivity index (χ2v) is 28.5. The molecule has 0 saturated heterocycles. The van der Waals surface area contributed by atoms with Crippen molar-refractivity contribution in [2.75, 3.05) is 9.80 Å². The summed E-state index contributed by atoms with van der Waals surface area (Å²) >= 11 is 0. The summed E-state index contributed by atoms with van der Waals surface area (Å²) in [4.78, 5) is 9.11. The third-order valence-electron chi connectivity index (χ3n) is 22.3. The van der Waals surface area contributed by atoms with E-state index in [0.29, 0.717) is 33.2 Å². The lowest BCUT2D eigenvalue weighted by Gasteiger charge is -2.47. The van der Waals surface area contributed by atoms with Crippen molar-refractivity contribution in [3.8, 4) is 72.4 Å². The quantitative estimate of drug-likeness (QED) is 0.0578. The molecule has 17 aromatic carbocycles. The average molecular weight is 1400 g/mol. The molecule has 5 heteroatoms. The Morgan fingerprint density at radius 3 is 0.964 bits per heavy atom. The first kappa shape index (κ1) is 60.9. The van der Waals surface area contributed by atoms with Crippen LogP contribution >= 0.6 is 0 Å². The van der Waals surface area contributed by atoms with Gasteiger partial charge >= 0.3 is 0 Å². The van der Waals surface area contributed by atoms with Crippen molar-refractivity contribution in [2.24, 2.45) is 0 Å². The number of hydrogen-bond donors (Lipinski definition) is 0. The Morgan fingerprint density at radius 2 is 0.618 bits per heavy atom. The largest absolute Gasteiger partial charge is 0.310 e. The topological polar surface area (TPSA) is 15.8 Å². The summed E-state index contributed by atoms with van der Waals surface area (Å²) in [7, 11) is 0. The summed E-state index contributed by atoms with van der Waals surface area (Å²) < 4.78 is 41.4. The van der Waals surface area contributed by atoms with Crippen LogP contribution in [-0.2, 0) is 0 Å². The maximum Gasteiger partial charge on any atom is 0.252 e. The van der Waals surface area contributed by atoms with Gasteiger partial charge in [0.25, 0.3) is 6.71 Å². The molecule has 0 atom stereocenters. The first-order valence-electron chi connectivity index (χ1n) is 39.6. The summed E-state index contributed by atoms with van der Waals surface area (Å²) in [6.45, 7) is 7.91. The predicted octanol–water partition coefficient (Wildman–Crippen LogP) is 25.8. The van der Waals surface area contributed by atoms with Crippen LogP contribution in [-0.4, -0.2) is 11.3 Å². The minimum atomic E-state index is -0.543. The highest BCUT2D eigenvalue weighted by molar-refractivity contribution is 7.00. The van der Waals surface area contributed by atoms with Gasteiger partial charge in [-0.05, 0) is 142 Å². The molecule has 0 fully saturated rings. The van der Waals surface area contributed by atoms with Crippen molar-refractivity contribution in [3.05, 3.63) is 463 Å². The molecular weight excluding hydrogens is 1330 g/mol. The first-order valence-corrected chi connectivity index (χ1v) is 37.6. The van der Waals surface area contributed by atoms with Gasteiger partial charge in [0.15, 0.2) is 5.69 Å². The third-order valence-corrected chi connectivity index (χ3v) is 22.3. The standard InChI is InChI=1S/C105H71BN4/c1-107-81-62-63-96-90(64-81)87-56-32-33-61-95(87)108(96)82-65-99-103-100(66-82)110(105-85(73-40-16-4-17-41-73)59-35-60-86(105)74-42-18-5-19-43-74)98-70-92(102(79-52-28-10-29-53-79)80-54-30-11-31-55-80)89(76-46-22-7-23-47-76)68-94(98)106(103)93-67-88(75-44-20-6-21-45-75)91(101(77-48-24-8-25-49-77)78-50-26-9-27-51-78)69-97(93)109(99)104-83(71-36-12-2-13-37-71)57-34-58-84(104)72-38-14-3-15-39-72/h2-70,101-102H/i32D,33D,56D,61D. The van der Waals surface area contributed by atoms with Gasteiger partial charge in [0, 0.05) is 62.2 Å². The fourth-order valence-electron chi connectivity index (χ4n) is 17.6. The number of para-hydroxylation sites is 3. The minimum absolute atomic E-state index is 0.183. The maximum atomic E-state index is 10.3. The van der Waals surface area contributed by atoms with Crippen LogP contribution in [0.15, 0.2) is 418 Å². The predicted molar refractivity (Wildman–Crippen MR) is 461 cm³/mol. The molecule has 2 aliphatic heterocycles. The number of fused-ring (bicyclic) bond motifs is 7. The van der Waals surface area contributed by atoms with Crippen LogP contribution < -0.4 is 26.2 Å².